The fourth-order valence-electron chi connectivity index (χ4n) is 2.82. The van der Waals surface area contributed by atoms with Crippen LogP contribution in [-0.4, -0.2) is 49.2 Å². The fourth-order valence-corrected chi connectivity index (χ4v) is 2.82. The molecule has 1 amide bonds. The van der Waals surface area contributed by atoms with E-state index in [1.165, 1.54) is 12.8 Å². The molecule has 1 N–H and O–H groups in total. The molecule has 2 rings (SSSR count). The van der Waals surface area contributed by atoms with E-state index in [2.05, 4.69) is 5.32 Å². The minimum atomic E-state index is 0.0611. The third-order valence-corrected chi connectivity index (χ3v) is 3.78. The second-order valence-corrected chi connectivity index (χ2v) is 4.99. The fraction of sp³-hybridized carbons (Fsp3) is 0.923. The Morgan fingerprint density at radius 1 is 1.35 bits per heavy atom. The molecule has 0 aromatic rings. The largest absolute Gasteiger partial charge is 0.380 e. The minimum Gasteiger partial charge on any atom is -0.380 e. The van der Waals surface area contributed by atoms with Crippen LogP contribution in [0.25, 0.3) is 0 Å². The Morgan fingerprint density at radius 2 is 2.24 bits per heavy atom. The number of likely N-dealkylation sites (tertiary alicyclic amines) is 1. The first-order valence-electron chi connectivity index (χ1n) is 6.94. The maximum absolute atomic E-state index is 12.4. The van der Waals surface area contributed by atoms with E-state index in [1.807, 2.05) is 11.8 Å². The van der Waals surface area contributed by atoms with E-state index in [9.17, 15) is 4.79 Å². The molecule has 0 saturated carbocycles. The second kappa shape index (κ2) is 6.36. The molecule has 4 heteroatoms. The van der Waals surface area contributed by atoms with Gasteiger partial charge in [0, 0.05) is 13.2 Å². The van der Waals surface area contributed by atoms with Gasteiger partial charge in [0.15, 0.2) is 0 Å². The lowest BCUT2D eigenvalue weighted by Gasteiger charge is -2.31. The summed E-state index contributed by atoms with van der Waals surface area (Å²) < 4.78 is 5.47. The van der Waals surface area contributed by atoms with Crippen molar-refractivity contribution in [1.29, 1.82) is 0 Å². The molecule has 0 aromatic carbocycles. The standard InChI is InChI=1S/C13H24N2O2/c1-2-17-10-11-6-5-9-15(11)13(16)12-7-3-4-8-14-12/h11-12,14H,2-10H2,1H3/t11-,12+/m1/s1. The molecule has 4 nitrogen and oxygen atoms in total. The Balaban J connectivity index is 1.88. The van der Waals surface area contributed by atoms with Gasteiger partial charge >= 0.3 is 0 Å². The summed E-state index contributed by atoms with van der Waals surface area (Å²) in [6, 6.07) is 0.372. The monoisotopic (exact) mass is 240 g/mol. The van der Waals surface area contributed by atoms with Gasteiger partial charge < -0.3 is 15.0 Å². The Hall–Kier alpha value is -0.610. The van der Waals surface area contributed by atoms with E-state index in [1.54, 1.807) is 0 Å². The van der Waals surface area contributed by atoms with Crippen LogP contribution in [0.1, 0.15) is 39.0 Å². The average molecular weight is 240 g/mol. The summed E-state index contributed by atoms with van der Waals surface area (Å²) in [5, 5.41) is 3.34. The lowest BCUT2D eigenvalue weighted by atomic mass is 10.0. The van der Waals surface area contributed by atoms with Gasteiger partial charge in [-0.3, -0.25) is 4.79 Å². The average Bonchev–Trinajstić information content (AvgIpc) is 2.84. The van der Waals surface area contributed by atoms with E-state index in [0.29, 0.717) is 18.6 Å². The first-order valence-corrected chi connectivity index (χ1v) is 6.94. The molecule has 0 unspecified atom stereocenters. The van der Waals surface area contributed by atoms with Crippen LogP contribution >= 0.6 is 0 Å². The highest BCUT2D eigenvalue weighted by atomic mass is 16.5. The predicted octanol–water partition coefficient (Wildman–Crippen LogP) is 1.16. The summed E-state index contributed by atoms with van der Waals surface area (Å²) in [6.07, 6.45) is 5.59. The molecule has 2 fully saturated rings. The van der Waals surface area contributed by atoms with E-state index in [0.717, 1.165) is 39.0 Å². The predicted molar refractivity (Wildman–Crippen MR) is 66.9 cm³/mol. The number of carbonyl (C=O) groups excluding carboxylic acids is 1. The normalized spacial score (nSPS) is 29.6. The minimum absolute atomic E-state index is 0.0611. The molecule has 2 atom stereocenters. The number of rotatable bonds is 4. The summed E-state index contributed by atoms with van der Waals surface area (Å²) in [4.78, 5) is 14.4. The zero-order valence-corrected chi connectivity index (χ0v) is 10.8. The van der Waals surface area contributed by atoms with Crippen LogP contribution in [0.4, 0.5) is 0 Å². The summed E-state index contributed by atoms with van der Waals surface area (Å²) >= 11 is 0. The number of nitrogens with zero attached hydrogens (tertiary/aromatic N) is 1. The number of piperidine rings is 1. The number of ether oxygens (including phenoxy) is 1. The van der Waals surface area contributed by atoms with Crippen molar-refractivity contribution >= 4 is 5.91 Å². The summed E-state index contributed by atoms with van der Waals surface area (Å²) in [5.41, 5.74) is 0. The van der Waals surface area contributed by atoms with E-state index < -0.39 is 0 Å². The van der Waals surface area contributed by atoms with Gasteiger partial charge in [0.25, 0.3) is 0 Å². The van der Waals surface area contributed by atoms with Gasteiger partial charge in [0.1, 0.15) is 0 Å². The zero-order chi connectivity index (χ0) is 12.1. The van der Waals surface area contributed by atoms with Crippen molar-refractivity contribution in [2.45, 2.75) is 51.1 Å². The molecule has 0 aliphatic carbocycles. The maximum atomic E-state index is 12.4. The number of carbonyl (C=O) groups is 1. The van der Waals surface area contributed by atoms with E-state index >= 15 is 0 Å². The van der Waals surface area contributed by atoms with E-state index in [4.69, 9.17) is 4.74 Å². The topological polar surface area (TPSA) is 41.6 Å². The van der Waals surface area contributed by atoms with Gasteiger partial charge in [-0.25, -0.2) is 0 Å². The number of hydrogen-bond acceptors (Lipinski definition) is 3. The molecule has 2 aliphatic heterocycles. The lowest BCUT2D eigenvalue weighted by molar-refractivity contribution is -0.135. The van der Waals surface area contributed by atoms with E-state index in [-0.39, 0.29) is 6.04 Å². The van der Waals surface area contributed by atoms with Gasteiger partial charge in [-0.05, 0) is 39.2 Å². The van der Waals surface area contributed by atoms with Crippen LogP contribution in [0.15, 0.2) is 0 Å². The summed E-state index contributed by atoms with van der Waals surface area (Å²) in [7, 11) is 0. The zero-order valence-electron chi connectivity index (χ0n) is 10.8. The molecule has 0 radical (unpaired) electrons. The molecule has 2 heterocycles. The first kappa shape index (κ1) is 12.8. The summed E-state index contributed by atoms with van der Waals surface area (Å²) in [6.45, 7) is 5.34. The second-order valence-electron chi connectivity index (χ2n) is 4.99. The first-order chi connectivity index (χ1) is 8.33. The third kappa shape index (κ3) is 3.19. The quantitative estimate of drug-likeness (QED) is 0.801. The van der Waals surface area contributed by atoms with Gasteiger partial charge in [0.05, 0.1) is 18.7 Å². The Morgan fingerprint density at radius 3 is 2.94 bits per heavy atom. The molecule has 17 heavy (non-hydrogen) atoms. The highest BCUT2D eigenvalue weighted by molar-refractivity contribution is 5.82. The highest BCUT2D eigenvalue weighted by Crippen LogP contribution is 2.20. The van der Waals surface area contributed by atoms with Crippen LogP contribution in [0.5, 0.6) is 0 Å². The number of nitrogens with one attached hydrogen (secondary N) is 1. The van der Waals surface area contributed by atoms with Crippen LogP contribution in [0, 0.1) is 0 Å². The molecule has 0 spiro atoms. The third-order valence-electron chi connectivity index (χ3n) is 3.78. The van der Waals surface area contributed by atoms with Crippen LogP contribution in [0.2, 0.25) is 0 Å². The van der Waals surface area contributed by atoms with Crippen molar-refractivity contribution in [2.75, 3.05) is 26.3 Å². The van der Waals surface area contributed by atoms with Gasteiger partial charge in [-0.15, -0.1) is 0 Å². The van der Waals surface area contributed by atoms with Gasteiger partial charge in [-0.1, -0.05) is 6.42 Å². The van der Waals surface area contributed by atoms with Gasteiger partial charge in [0.2, 0.25) is 5.91 Å². The molecular weight excluding hydrogens is 216 g/mol. The van der Waals surface area contributed by atoms with Crippen molar-refractivity contribution in [1.82, 2.24) is 10.2 Å². The molecule has 2 aliphatic rings. The Bertz CT molecular complexity index is 252. The molecular formula is C13H24N2O2. The lowest BCUT2D eigenvalue weighted by Crippen LogP contribution is -2.50. The highest BCUT2D eigenvalue weighted by Gasteiger charge is 2.33. The molecule has 0 aromatic heterocycles. The molecule has 98 valence electrons. The molecule has 2 saturated heterocycles. The summed E-state index contributed by atoms with van der Waals surface area (Å²) in [5.74, 6) is 0.298. The smallest absolute Gasteiger partial charge is 0.240 e. The van der Waals surface area contributed by atoms with Crippen molar-refractivity contribution in [3.8, 4) is 0 Å². The SMILES string of the molecule is CCOC[C@H]1CCCN1C(=O)[C@@H]1CCCCN1. The Kier molecular flexibility index (Phi) is 4.80. The van der Waals surface area contributed by atoms with Crippen molar-refractivity contribution < 1.29 is 9.53 Å². The maximum Gasteiger partial charge on any atom is 0.240 e. The van der Waals surface area contributed by atoms with Crippen LogP contribution in [-0.2, 0) is 9.53 Å². The van der Waals surface area contributed by atoms with Crippen LogP contribution < -0.4 is 5.32 Å². The Labute approximate surface area is 104 Å². The number of hydrogen-bond donors (Lipinski definition) is 1. The van der Waals surface area contributed by atoms with Gasteiger partial charge in [-0.2, -0.15) is 0 Å². The van der Waals surface area contributed by atoms with Crippen molar-refractivity contribution in [3.05, 3.63) is 0 Å². The van der Waals surface area contributed by atoms with Crippen molar-refractivity contribution in [3.63, 3.8) is 0 Å². The van der Waals surface area contributed by atoms with Crippen molar-refractivity contribution in [2.24, 2.45) is 0 Å². The molecule has 0 bridgehead atoms. The number of amides is 1. The van der Waals surface area contributed by atoms with Crippen LogP contribution in [0.3, 0.4) is 0 Å².